The van der Waals surface area contributed by atoms with E-state index in [1.165, 1.54) is 0 Å². The third-order valence-corrected chi connectivity index (χ3v) is 4.58. The summed E-state index contributed by atoms with van der Waals surface area (Å²) in [6, 6.07) is 15.8. The summed E-state index contributed by atoms with van der Waals surface area (Å²) in [6.45, 7) is 10.7. The number of nitrogens with zero attached hydrogens (tertiary/aromatic N) is 3. The van der Waals surface area contributed by atoms with Gasteiger partial charge in [0.25, 0.3) is 5.91 Å². The maximum absolute atomic E-state index is 12.8. The van der Waals surface area contributed by atoms with Crippen molar-refractivity contribution in [1.29, 1.82) is 0 Å². The Bertz CT molecular complexity index is 1010. The second kappa shape index (κ2) is 8.21. The van der Waals surface area contributed by atoms with Crippen LogP contribution in [0, 0.1) is 27.7 Å². The molecular formula is C23H26N4O. The van der Waals surface area contributed by atoms with Crippen molar-refractivity contribution in [2.24, 2.45) is 0 Å². The van der Waals surface area contributed by atoms with Crippen molar-refractivity contribution in [3.05, 3.63) is 76.6 Å². The Morgan fingerprint density at radius 2 is 1.71 bits per heavy atom. The van der Waals surface area contributed by atoms with Crippen LogP contribution in [0.2, 0.25) is 0 Å². The van der Waals surface area contributed by atoms with E-state index in [1.54, 1.807) is 6.07 Å². The summed E-state index contributed by atoms with van der Waals surface area (Å²) in [4.78, 5) is 24.0. The number of benzene rings is 2. The Morgan fingerprint density at radius 1 is 0.964 bits per heavy atom. The summed E-state index contributed by atoms with van der Waals surface area (Å²) in [6.07, 6.45) is 0. The lowest BCUT2D eigenvalue weighted by Gasteiger charge is -2.22. The van der Waals surface area contributed by atoms with Gasteiger partial charge in [0, 0.05) is 23.6 Å². The summed E-state index contributed by atoms with van der Waals surface area (Å²) in [5.74, 6) is 0.290. The number of hydrogen-bond acceptors (Lipinski definition) is 4. The van der Waals surface area contributed by atoms with Crippen LogP contribution in [0.3, 0.4) is 0 Å². The number of aryl methyl sites for hydroxylation is 4. The molecule has 0 aliphatic rings. The first-order chi connectivity index (χ1) is 13.4. The lowest BCUT2D eigenvalue weighted by molar-refractivity contribution is 0.102. The molecule has 0 saturated carbocycles. The first-order valence-corrected chi connectivity index (χ1v) is 9.46. The number of hydrogen-bond donors (Lipinski definition) is 1. The summed E-state index contributed by atoms with van der Waals surface area (Å²) in [5, 5.41) is 2.97. The van der Waals surface area contributed by atoms with Crippen molar-refractivity contribution in [2.75, 3.05) is 16.8 Å². The normalized spacial score (nSPS) is 10.6. The van der Waals surface area contributed by atoms with Crippen LogP contribution in [-0.4, -0.2) is 22.4 Å². The van der Waals surface area contributed by atoms with E-state index in [1.807, 2.05) is 62.9 Å². The van der Waals surface area contributed by atoms with E-state index in [2.05, 4.69) is 34.3 Å². The quantitative estimate of drug-likeness (QED) is 0.673. The molecule has 1 heterocycles. The molecule has 0 saturated heterocycles. The number of amides is 1. The second-order valence-electron chi connectivity index (χ2n) is 7.05. The number of nitrogens with one attached hydrogen (secondary N) is 1. The Labute approximate surface area is 166 Å². The van der Waals surface area contributed by atoms with E-state index in [0.717, 1.165) is 33.8 Å². The smallest absolute Gasteiger partial charge is 0.274 e. The van der Waals surface area contributed by atoms with Gasteiger partial charge >= 0.3 is 0 Å². The summed E-state index contributed by atoms with van der Waals surface area (Å²) >= 11 is 0. The van der Waals surface area contributed by atoms with E-state index in [-0.39, 0.29) is 5.91 Å². The van der Waals surface area contributed by atoms with Gasteiger partial charge in [-0.2, -0.15) is 0 Å². The minimum Gasteiger partial charge on any atom is -0.320 e. The topological polar surface area (TPSA) is 58.1 Å². The van der Waals surface area contributed by atoms with E-state index < -0.39 is 0 Å². The highest BCUT2D eigenvalue weighted by Gasteiger charge is 2.16. The van der Waals surface area contributed by atoms with Gasteiger partial charge < -0.3 is 10.2 Å². The molecule has 0 aliphatic carbocycles. The van der Waals surface area contributed by atoms with Gasteiger partial charge in [-0.3, -0.25) is 4.79 Å². The fourth-order valence-corrected chi connectivity index (χ4v) is 3.17. The molecule has 5 nitrogen and oxygen atoms in total. The van der Waals surface area contributed by atoms with Crippen molar-refractivity contribution in [3.8, 4) is 0 Å². The van der Waals surface area contributed by atoms with Gasteiger partial charge in [0.1, 0.15) is 5.69 Å². The molecule has 1 aromatic heterocycles. The molecule has 1 N–H and O–H groups in total. The molecule has 2 aromatic carbocycles. The fourth-order valence-electron chi connectivity index (χ4n) is 3.17. The monoisotopic (exact) mass is 374 g/mol. The average Bonchev–Trinajstić information content (AvgIpc) is 2.64. The molecule has 0 spiro atoms. The first-order valence-electron chi connectivity index (χ1n) is 9.46. The SMILES string of the molecule is CCN(c1cccc(C)c1)c1nc(C)cc(C(=O)Nc2ccc(C)cc2C)n1. The van der Waals surface area contributed by atoms with Crippen molar-refractivity contribution >= 4 is 23.2 Å². The van der Waals surface area contributed by atoms with Crippen molar-refractivity contribution in [1.82, 2.24) is 9.97 Å². The maximum Gasteiger partial charge on any atom is 0.274 e. The number of aromatic nitrogens is 2. The van der Waals surface area contributed by atoms with Crippen molar-refractivity contribution in [3.63, 3.8) is 0 Å². The lowest BCUT2D eigenvalue weighted by Crippen LogP contribution is -2.22. The van der Waals surface area contributed by atoms with Gasteiger partial charge in [-0.1, -0.05) is 29.8 Å². The van der Waals surface area contributed by atoms with Gasteiger partial charge in [0.2, 0.25) is 5.95 Å². The highest BCUT2D eigenvalue weighted by molar-refractivity contribution is 6.03. The number of rotatable bonds is 5. The van der Waals surface area contributed by atoms with Crippen molar-refractivity contribution < 1.29 is 4.79 Å². The van der Waals surface area contributed by atoms with Crippen LogP contribution < -0.4 is 10.2 Å². The molecule has 0 unspecified atom stereocenters. The van der Waals surface area contributed by atoms with Crippen molar-refractivity contribution in [2.45, 2.75) is 34.6 Å². The molecular weight excluding hydrogens is 348 g/mol. The van der Waals surface area contributed by atoms with Gasteiger partial charge in [0.15, 0.2) is 0 Å². The van der Waals surface area contributed by atoms with Crippen LogP contribution in [0.1, 0.15) is 39.8 Å². The van der Waals surface area contributed by atoms with Crippen LogP contribution in [0.4, 0.5) is 17.3 Å². The van der Waals surface area contributed by atoms with Crippen LogP contribution in [0.25, 0.3) is 0 Å². The molecule has 28 heavy (non-hydrogen) atoms. The summed E-state index contributed by atoms with van der Waals surface area (Å²) < 4.78 is 0. The Hall–Kier alpha value is -3.21. The zero-order chi connectivity index (χ0) is 20.3. The molecule has 144 valence electrons. The van der Waals surface area contributed by atoms with Gasteiger partial charge in [-0.15, -0.1) is 0 Å². The minimum absolute atomic E-state index is 0.237. The third kappa shape index (κ3) is 4.36. The minimum atomic E-state index is -0.237. The second-order valence-corrected chi connectivity index (χ2v) is 7.05. The maximum atomic E-state index is 12.8. The molecule has 0 aliphatic heterocycles. The molecule has 0 bridgehead atoms. The molecule has 0 atom stereocenters. The average molecular weight is 374 g/mol. The first kappa shape index (κ1) is 19.5. The highest BCUT2D eigenvalue weighted by Crippen LogP contribution is 2.24. The largest absolute Gasteiger partial charge is 0.320 e. The molecule has 0 fully saturated rings. The number of anilines is 3. The van der Waals surface area contributed by atoms with Gasteiger partial charge in [-0.25, -0.2) is 9.97 Å². The molecule has 3 aromatic rings. The Balaban J connectivity index is 1.93. The number of carbonyl (C=O) groups excluding carboxylic acids is 1. The molecule has 1 amide bonds. The Kier molecular flexibility index (Phi) is 5.73. The Morgan fingerprint density at radius 3 is 2.39 bits per heavy atom. The van der Waals surface area contributed by atoms with Crippen LogP contribution in [-0.2, 0) is 0 Å². The predicted octanol–water partition coefficient (Wildman–Crippen LogP) is 5.12. The van der Waals surface area contributed by atoms with E-state index in [4.69, 9.17) is 0 Å². The highest BCUT2D eigenvalue weighted by atomic mass is 16.1. The van der Waals surface area contributed by atoms with Crippen LogP contribution in [0.15, 0.2) is 48.5 Å². The molecule has 5 heteroatoms. The third-order valence-electron chi connectivity index (χ3n) is 4.58. The van der Waals surface area contributed by atoms with Crippen LogP contribution >= 0.6 is 0 Å². The van der Waals surface area contributed by atoms with E-state index in [0.29, 0.717) is 18.2 Å². The van der Waals surface area contributed by atoms with E-state index in [9.17, 15) is 4.79 Å². The fraction of sp³-hybridized carbons (Fsp3) is 0.261. The zero-order valence-electron chi connectivity index (χ0n) is 17.1. The predicted molar refractivity (Wildman–Crippen MR) is 114 cm³/mol. The van der Waals surface area contributed by atoms with E-state index >= 15 is 0 Å². The van der Waals surface area contributed by atoms with Gasteiger partial charge in [0.05, 0.1) is 0 Å². The lowest BCUT2D eigenvalue weighted by atomic mass is 10.1. The molecule has 0 radical (unpaired) electrons. The summed E-state index contributed by atoms with van der Waals surface area (Å²) in [7, 11) is 0. The zero-order valence-corrected chi connectivity index (χ0v) is 17.1. The molecule has 3 rings (SSSR count). The summed E-state index contributed by atoms with van der Waals surface area (Å²) in [5.41, 5.74) is 6.25. The number of carbonyl (C=O) groups is 1. The van der Waals surface area contributed by atoms with Crippen LogP contribution in [0.5, 0.6) is 0 Å². The standard InChI is InChI=1S/C23H26N4O/c1-6-27(19-9-7-8-15(2)13-19)23-24-18(5)14-21(26-23)22(28)25-20-11-10-16(3)12-17(20)4/h7-14H,6H2,1-5H3,(H,25,28). The van der Waals surface area contributed by atoms with Gasteiger partial charge in [-0.05, 0) is 70.0 Å².